The highest BCUT2D eigenvalue weighted by Gasteiger charge is 2.23. The van der Waals surface area contributed by atoms with Crippen molar-refractivity contribution >= 4 is 49.8 Å². The standard InChI is InChI=1S/C43H28N4O/c1-4-16-30(17-5-1)41-44-42(31-18-6-2-7-19-31)46-43(45-41)36-27-33(28-39-40(36)35-24-12-13-26-38(35)48-39)47(32-21-8-3-9-22-32)37-25-14-20-29-15-10-11-23-34(29)37/h1-28H. The van der Waals surface area contributed by atoms with Crippen molar-refractivity contribution in [3.8, 4) is 34.2 Å². The first kappa shape index (κ1) is 27.7. The summed E-state index contributed by atoms with van der Waals surface area (Å²) < 4.78 is 6.60. The minimum Gasteiger partial charge on any atom is -0.456 e. The fraction of sp³-hybridized carbons (Fsp3) is 0. The number of nitrogens with zero attached hydrogens (tertiary/aromatic N) is 4. The molecule has 0 aliphatic carbocycles. The van der Waals surface area contributed by atoms with Gasteiger partial charge in [0.2, 0.25) is 0 Å². The van der Waals surface area contributed by atoms with Crippen molar-refractivity contribution in [1.82, 2.24) is 15.0 Å². The number of fused-ring (bicyclic) bond motifs is 4. The number of hydrogen-bond donors (Lipinski definition) is 0. The van der Waals surface area contributed by atoms with Gasteiger partial charge in [0.05, 0.1) is 11.4 Å². The molecule has 2 aromatic heterocycles. The molecule has 0 fully saturated rings. The minimum absolute atomic E-state index is 0.576. The molecule has 0 aliphatic heterocycles. The normalized spacial score (nSPS) is 11.3. The number of rotatable bonds is 6. The molecule has 0 saturated heterocycles. The third-order valence-electron chi connectivity index (χ3n) is 8.68. The van der Waals surface area contributed by atoms with Crippen LogP contribution >= 0.6 is 0 Å². The van der Waals surface area contributed by atoms with Crippen LogP contribution in [0.2, 0.25) is 0 Å². The van der Waals surface area contributed by atoms with Crippen LogP contribution < -0.4 is 4.90 Å². The van der Waals surface area contributed by atoms with E-state index in [1.165, 1.54) is 5.39 Å². The van der Waals surface area contributed by atoms with Crippen LogP contribution in [0, 0.1) is 0 Å². The molecule has 48 heavy (non-hydrogen) atoms. The summed E-state index contributed by atoms with van der Waals surface area (Å²) in [7, 11) is 0. The first-order valence-corrected chi connectivity index (χ1v) is 16.0. The molecule has 7 aromatic carbocycles. The van der Waals surface area contributed by atoms with Crippen LogP contribution in [-0.4, -0.2) is 15.0 Å². The molecule has 9 aromatic rings. The number of furan rings is 1. The Labute approximate surface area is 277 Å². The molecule has 2 heterocycles. The maximum absolute atomic E-state index is 6.60. The van der Waals surface area contributed by atoms with E-state index in [0.29, 0.717) is 17.5 Å². The highest BCUT2D eigenvalue weighted by Crippen LogP contribution is 2.44. The Balaban J connectivity index is 1.37. The summed E-state index contributed by atoms with van der Waals surface area (Å²) in [6.07, 6.45) is 0. The zero-order valence-corrected chi connectivity index (χ0v) is 25.9. The van der Waals surface area contributed by atoms with Crippen LogP contribution in [0.4, 0.5) is 17.1 Å². The van der Waals surface area contributed by atoms with E-state index in [-0.39, 0.29) is 0 Å². The third kappa shape index (κ3) is 4.86. The molecular formula is C43H28N4O. The second kappa shape index (κ2) is 11.6. The average Bonchev–Trinajstić information content (AvgIpc) is 3.54. The predicted molar refractivity (Wildman–Crippen MR) is 196 cm³/mol. The van der Waals surface area contributed by atoms with Crippen molar-refractivity contribution in [2.75, 3.05) is 4.90 Å². The molecule has 0 aliphatic rings. The van der Waals surface area contributed by atoms with Gasteiger partial charge in [0.25, 0.3) is 0 Å². The topological polar surface area (TPSA) is 55.1 Å². The van der Waals surface area contributed by atoms with Gasteiger partial charge >= 0.3 is 0 Å². The smallest absolute Gasteiger partial charge is 0.164 e. The number of anilines is 3. The van der Waals surface area contributed by atoms with Crippen LogP contribution in [0.1, 0.15) is 0 Å². The van der Waals surface area contributed by atoms with Crippen LogP contribution in [0.3, 0.4) is 0 Å². The lowest BCUT2D eigenvalue weighted by Crippen LogP contribution is -2.11. The Kier molecular flexibility index (Phi) is 6.72. The molecule has 0 atom stereocenters. The van der Waals surface area contributed by atoms with E-state index in [0.717, 1.165) is 61.1 Å². The van der Waals surface area contributed by atoms with Crippen LogP contribution in [-0.2, 0) is 0 Å². The Morgan fingerprint density at radius 3 is 1.69 bits per heavy atom. The van der Waals surface area contributed by atoms with Crippen LogP contribution in [0.25, 0.3) is 66.9 Å². The quantitative estimate of drug-likeness (QED) is 0.186. The van der Waals surface area contributed by atoms with Gasteiger partial charge in [-0.15, -0.1) is 0 Å². The molecule has 0 radical (unpaired) electrons. The Hall–Kier alpha value is -6.59. The summed E-state index contributed by atoms with van der Waals surface area (Å²) in [5.74, 6) is 1.80. The summed E-state index contributed by atoms with van der Waals surface area (Å²) in [6, 6.07) is 58.0. The first-order chi connectivity index (χ1) is 23.8. The van der Waals surface area contributed by atoms with Gasteiger partial charge in [-0.1, -0.05) is 133 Å². The Bertz CT molecular complexity index is 2500. The van der Waals surface area contributed by atoms with Crippen molar-refractivity contribution in [1.29, 1.82) is 0 Å². The van der Waals surface area contributed by atoms with E-state index in [1.807, 2.05) is 84.9 Å². The fourth-order valence-corrected chi connectivity index (χ4v) is 6.48. The average molecular weight is 617 g/mol. The molecule has 226 valence electrons. The molecule has 9 rings (SSSR count). The van der Waals surface area contributed by atoms with Crippen molar-refractivity contribution in [3.63, 3.8) is 0 Å². The summed E-state index contributed by atoms with van der Waals surface area (Å²) in [5.41, 5.74) is 7.30. The van der Waals surface area contributed by atoms with Gasteiger partial charge in [-0.3, -0.25) is 0 Å². The van der Waals surface area contributed by atoms with E-state index < -0.39 is 0 Å². The third-order valence-corrected chi connectivity index (χ3v) is 8.68. The van der Waals surface area contributed by atoms with Crippen molar-refractivity contribution in [2.24, 2.45) is 0 Å². The van der Waals surface area contributed by atoms with Gasteiger partial charge < -0.3 is 9.32 Å². The van der Waals surface area contributed by atoms with Crippen molar-refractivity contribution in [2.45, 2.75) is 0 Å². The second-order valence-electron chi connectivity index (χ2n) is 11.7. The van der Waals surface area contributed by atoms with Crippen molar-refractivity contribution < 1.29 is 4.42 Å². The number of para-hydroxylation sites is 2. The van der Waals surface area contributed by atoms with Gasteiger partial charge in [0.1, 0.15) is 11.2 Å². The summed E-state index contributed by atoms with van der Waals surface area (Å²) in [5, 5.41) is 4.28. The predicted octanol–water partition coefficient (Wildman–Crippen LogP) is 11.4. The molecule has 0 bridgehead atoms. The lowest BCUT2D eigenvalue weighted by Gasteiger charge is -2.27. The molecule has 0 spiro atoms. The maximum Gasteiger partial charge on any atom is 0.164 e. The SMILES string of the molecule is c1ccc(-c2nc(-c3ccccc3)nc(-c3cc(N(c4ccccc4)c4cccc5ccccc45)cc4oc5ccccc5c34)n2)cc1. The molecule has 0 N–H and O–H groups in total. The van der Waals surface area contributed by atoms with E-state index in [1.54, 1.807) is 0 Å². The lowest BCUT2D eigenvalue weighted by molar-refractivity contribution is 0.669. The maximum atomic E-state index is 6.60. The fourth-order valence-electron chi connectivity index (χ4n) is 6.48. The number of aromatic nitrogens is 3. The van der Waals surface area contributed by atoms with Crippen LogP contribution in [0.5, 0.6) is 0 Å². The Morgan fingerprint density at radius 1 is 0.417 bits per heavy atom. The van der Waals surface area contributed by atoms with E-state index in [9.17, 15) is 0 Å². The van der Waals surface area contributed by atoms with Gasteiger partial charge in [-0.2, -0.15) is 0 Å². The lowest BCUT2D eigenvalue weighted by atomic mass is 10.0. The first-order valence-electron chi connectivity index (χ1n) is 16.0. The summed E-state index contributed by atoms with van der Waals surface area (Å²) in [4.78, 5) is 17.5. The number of benzene rings is 7. The van der Waals surface area contributed by atoms with Gasteiger partial charge in [0.15, 0.2) is 17.5 Å². The van der Waals surface area contributed by atoms with Crippen LogP contribution in [0.15, 0.2) is 174 Å². The Morgan fingerprint density at radius 2 is 0.979 bits per heavy atom. The number of hydrogen-bond acceptors (Lipinski definition) is 5. The minimum atomic E-state index is 0.576. The van der Waals surface area contributed by atoms with Gasteiger partial charge in [0, 0.05) is 44.6 Å². The van der Waals surface area contributed by atoms with E-state index >= 15 is 0 Å². The highest BCUT2D eigenvalue weighted by molar-refractivity contribution is 6.13. The molecule has 0 amide bonds. The summed E-state index contributed by atoms with van der Waals surface area (Å²) >= 11 is 0. The second-order valence-corrected chi connectivity index (χ2v) is 11.7. The largest absolute Gasteiger partial charge is 0.456 e. The molecule has 0 unspecified atom stereocenters. The molecular weight excluding hydrogens is 589 g/mol. The molecule has 0 saturated carbocycles. The zero-order valence-electron chi connectivity index (χ0n) is 25.9. The molecule has 5 nitrogen and oxygen atoms in total. The van der Waals surface area contributed by atoms with Gasteiger partial charge in [-0.05, 0) is 35.7 Å². The van der Waals surface area contributed by atoms with Crippen molar-refractivity contribution in [3.05, 3.63) is 170 Å². The van der Waals surface area contributed by atoms with E-state index in [4.69, 9.17) is 19.4 Å². The summed E-state index contributed by atoms with van der Waals surface area (Å²) in [6.45, 7) is 0. The zero-order chi connectivity index (χ0) is 31.9. The van der Waals surface area contributed by atoms with E-state index in [2.05, 4.69) is 89.8 Å². The monoisotopic (exact) mass is 616 g/mol. The molecule has 5 heteroatoms. The highest BCUT2D eigenvalue weighted by atomic mass is 16.3. The van der Waals surface area contributed by atoms with Gasteiger partial charge in [-0.25, -0.2) is 15.0 Å².